The van der Waals surface area contributed by atoms with Gasteiger partial charge in [-0.15, -0.1) is 0 Å². The molecule has 0 radical (unpaired) electrons. The predicted molar refractivity (Wildman–Crippen MR) is 134 cm³/mol. The maximum absolute atomic E-state index is 13.0. The normalized spacial score (nSPS) is 13.8. The first-order chi connectivity index (χ1) is 16.7. The second-order valence-electron chi connectivity index (χ2n) is 9.19. The molecule has 2 amide bonds. The van der Waals surface area contributed by atoms with Crippen LogP contribution in [0.3, 0.4) is 0 Å². The van der Waals surface area contributed by atoms with Crippen LogP contribution in [0.25, 0.3) is 0 Å². The van der Waals surface area contributed by atoms with Gasteiger partial charge < -0.3 is 19.4 Å². The fourth-order valence-electron chi connectivity index (χ4n) is 4.19. The Labute approximate surface area is 210 Å². The topological polar surface area (TPSA) is 89.6 Å². The second-order valence-corrected chi connectivity index (χ2v) is 9.59. The van der Waals surface area contributed by atoms with Crippen molar-refractivity contribution in [3.05, 3.63) is 63.8 Å². The maximum atomic E-state index is 13.0. The second kappa shape index (κ2) is 10.6. The lowest BCUT2D eigenvalue weighted by Gasteiger charge is -2.27. The number of amides is 2. The average Bonchev–Trinajstić information content (AvgIpc) is 3.46. The molecule has 1 saturated heterocycles. The molecule has 1 fully saturated rings. The van der Waals surface area contributed by atoms with E-state index in [1.807, 2.05) is 24.0 Å². The number of aryl methyl sites for hydroxylation is 2. The van der Waals surface area contributed by atoms with E-state index in [2.05, 4.69) is 24.3 Å². The van der Waals surface area contributed by atoms with Crippen LogP contribution >= 0.6 is 11.6 Å². The summed E-state index contributed by atoms with van der Waals surface area (Å²) >= 11 is 6.28. The van der Waals surface area contributed by atoms with Gasteiger partial charge in [0.2, 0.25) is 0 Å². The summed E-state index contributed by atoms with van der Waals surface area (Å²) in [4.78, 5) is 27.7. The van der Waals surface area contributed by atoms with Gasteiger partial charge in [-0.05, 0) is 67.5 Å². The van der Waals surface area contributed by atoms with Gasteiger partial charge in [-0.1, -0.05) is 25.4 Å². The summed E-state index contributed by atoms with van der Waals surface area (Å²) in [5.74, 6) is 1.02. The van der Waals surface area contributed by atoms with Crippen LogP contribution < -0.4 is 10.1 Å². The number of anilines is 1. The van der Waals surface area contributed by atoms with Gasteiger partial charge in [-0.3, -0.25) is 14.3 Å². The Hall–Kier alpha value is -3.26. The molecule has 1 aromatic carbocycles. The van der Waals surface area contributed by atoms with Crippen LogP contribution in [0.5, 0.6) is 5.75 Å². The van der Waals surface area contributed by atoms with E-state index in [4.69, 9.17) is 20.8 Å². The summed E-state index contributed by atoms with van der Waals surface area (Å²) in [7, 11) is 1.69. The number of aromatic nitrogens is 2. The number of carbonyl (C=O) groups is 2. The van der Waals surface area contributed by atoms with Crippen LogP contribution in [0, 0.1) is 6.92 Å². The number of ether oxygens (including phenoxy) is 1. The quantitative estimate of drug-likeness (QED) is 0.461. The van der Waals surface area contributed by atoms with Gasteiger partial charge in [-0.2, -0.15) is 5.10 Å². The zero-order valence-electron chi connectivity index (χ0n) is 20.6. The van der Waals surface area contributed by atoms with E-state index in [0.717, 1.165) is 36.1 Å². The third-order valence-corrected chi connectivity index (χ3v) is 6.61. The number of rotatable bonds is 7. The lowest BCUT2D eigenvalue weighted by molar-refractivity contribution is 0.0714. The molecule has 4 rings (SSSR count). The minimum atomic E-state index is -0.456. The lowest BCUT2D eigenvalue weighted by atomic mass is 10.0. The number of hydrogen-bond acceptors (Lipinski definition) is 5. The van der Waals surface area contributed by atoms with E-state index < -0.39 is 5.91 Å². The Balaban J connectivity index is 1.44. The summed E-state index contributed by atoms with van der Waals surface area (Å²) in [5, 5.41) is 7.65. The summed E-state index contributed by atoms with van der Waals surface area (Å²) in [6.07, 6.45) is 4.58. The molecule has 186 valence electrons. The van der Waals surface area contributed by atoms with E-state index in [1.54, 1.807) is 19.2 Å². The number of nitrogens with one attached hydrogen (secondary N) is 1. The smallest absolute Gasteiger partial charge is 0.291 e. The monoisotopic (exact) mass is 498 g/mol. The number of likely N-dealkylation sites (tertiary alicyclic amines) is 1. The molecular weight excluding hydrogens is 468 g/mol. The molecule has 3 heterocycles. The molecular formula is C26H31ClN4O4. The minimum Gasteiger partial charge on any atom is -0.485 e. The Kier molecular flexibility index (Phi) is 7.50. The molecule has 0 unspecified atom stereocenters. The molecule has 0 aliphatic carbocycles. The van der Waals surface area contributed by atoms with Crippen LogP contribution in [0.2, 0.25) is 5.02 Å². The van der Waals surface area contributed by atoms with E-state index in [9.17, 15) is 9.59 Å². The SMILES string of the molecule is Cc1cc(OCc2ccc(C(=O)Nc3cnn(C)c3C(=O)N3CCCCC3)o2)c(C(C)C)cc1Cl. The first-order valence-electron chi connectivity index (χ1n) is 11.9. The molecule has 8 nitrogen and oxygen atoms in total. The Bertz CT molecular complexity index is 1220. The highest BCUT2D eigenvalue weighted by Crippen LogP contribution is 2.32. The van der Waals surface area contributed by atoms with Crippen LogP contribution in [0.1, 0.15) is 77.0 Å². The average molecular weight is 499 g/mol. The van der Waals surface area contributed by atoms with Gasteiger partial charge in [0.25, 0.3) is 11.8 Å². The van der Waals surface area contributed by atoms with Gasteiger partial charge >= 0.3 is 0 Å². The van der Waals surface area contributed by atoms with Gasteiger partial charge in [0, 0.05) is 25.2 Å². The number of nitrogens with zero attached hydrogens (tertiary/aromatic N) is 3. The van der Waals surface area contributed by atoms with Gasteiger partial charge in [0.05, 0.1) is 11.9 Å². The summed E-state index contributed by atoms with van der Waals surface area (Å²) in [6, 6.07) is 7.13. The zero-order chi connectivity index (χ0) is 25.1. The molecule has 0 atom stereocenters. The fraction of sp³-hybridized carbons (Fsp3) is 0.423. The molecule has 0 spiro atoms. The first-order valence-corrected chi connectivity index (χ1v) is 12.3. The highest BCUT2D eigenvalue weighted by atomic mass is 35.5. The predicted octanol–water partition coefficient (Wildman–Crippen LogP) is 5.56. The Morgan fingerprint density at radius 3 is 2.66 bits per heavy atom. The number of hydrogen-bond donors (Lipinski definition) is 1. The molecule has 0 bridgehead atoms. The minimum absolute atomic E-state index is 0.125. The molecule has 1 aliphatic rings. The van der Waals surface area contributed by atoms with Crippen molar-refractivity contribution in [2.45, 2.75) is 52.6 Å². The molecule has 9 heteroatoms. The van der Waals surface area contributed by atoms with Gasteiger partial charge in [0.15, 0.2) is 5.76 Å². The van der Waals surface area contributed by atoms with E-state index in [1.165, 1.54) is 10.9 Å². The van der Waals surface area contributed by atoms with E-state index in [-0.39, 0.29) is 24.2 Å². The van der Waals surface area contributed by atoms with Gasteiger partial charge in [-0.25, -0.2) is 0 Å². The van der Waals surface area contributed by atoms with Crippen molar-refractivity contribution >= 4 is 29.1 Å². The summed E-state index contributed by atoms with van der Waals surface area (Å²) < 4.78 is 13.2. The summed E-state index contributed by atoms with van der Waals surface area (Å²) in [6.45, 7) is 7.67. The van der Waals surface area contributed by atoms with Crippen LogP contribution in [0.15, 0.2) is 34.9 Å². The zero-order valence-corrected chi connectivity index (χ0v) is 21.3. The third-order valence-electron chi connectivity index (χ3n) is 6.20. The number of furan rings is 1. The number of halogens is 1. The largest absolute Gasteiger partial charge is 0.485 e. The highest BCUT2D eigenvalue weighted by Gasteiger charge is 2.26. The molecule has 35 heavy (non-hydrogen) atoms. The van der Waals surface area contributed by atoms with Crippen molar-refractivity contribution in [3.8, 4) is 5.75 Å². The summed E-state index contributed by atoms with van der Waals surface area (Å²) in [5.41, 5.74) is 2.65. The number of carbonyl (C=O) groups excluding carboxylic acids is 2. The molecule has 2 aromatic heterocycles. The van der Waals surface area contributed by atoms with E-state index >= 15 is 0 Å². The first kappa shape index (κ1) is 24.9. The van der Waals surface area contributed by atoms with Crippen molar-refractivity contribution in [1.82, 2.24) is 14.7 Å². The fourth-order valence-corrected chi connectivity index (χ4v) is 4.36. The van der Waals surface area contributed by atoms with Crippen LogP contribution in [-0.4, -0.2) is 39.6 Å². The Morgan fingerprint density at radius 2 is 1.94 bits per heavy atom. The van der Waals surface area contributed by atoms with Gasteiger partial charge in [0.1, 0.15) is 23.8 Å². The third kappa shape index (κ3) is 5.53. The number of piperidine rings is 1. The van der Waals surface area contributed by atoms with Crippen molar-refractivity contribution in [3.63, 3.8) is 0 Å². The molecule has 3 aromatic rings. The standard InChI is InChI=1S/C26H31ClN4O4/c1-16(2)19-13-20(27)17(3)12-23(19)34-15-18-8-9-22(35-18)25(32)29-21-14-28-30(4)24(21)26(33)31-10-6-5-7-11-31/h8-9,12-14,16H,5-7,10-11,15H2,1-4H3,(H,29,32). The van der Waals surface area contributed by atoms with Crippen molar-refractivity contribution in [2.24, 2.45) is 7.05 Å². The molecule has 1 N–H and O–H groups in total. The highest BCUT2D eigenvalue weighted by molar-refractivity contribution is 6.31. The lowest BCUT2D eigenvalue weighted by Crippen LogP contribution is -2.37. The molecule has 0 saturated carbocycles. The Morgan fingerprint density at radius 1 is 1.20 bits per heavy atom. The maximum Gasteiger partial charge on any atom is 0.291 e. The van der Waals surface area contributed by atoms with Crippen LogP contribution in [0.4, 0.5) is 5.69 Å². The van der Waals surface area contributed by atoms with E-state index in [0.29, 0.717) is 35.3 Å². The number of benzene rings is 1. The van der Waals surface area contributed by atoms with Crippen molar-refractivity contribution in [2.75, 3.05) is 18.4 Å². The van der Waals surface area contributed by atoms with Crippen LogP contribution in [-0.2, 0) is 13.7 Å². The molecule has 1 aliphatic heterocycles. The van der Waals surface area contributed by atoms with Crippen molar-refractivity contribution in [1.29, 1.82) is 0 Å². The van der Waals surface area contributed by atoms with Crippen molar-refractivity contribution < 1.29 is 18.7 Å².